The fraction of sp³-hybridized carbons (Fsp3) is 0.357. The third-order valence-corrected chi connectivity index (χ3v) is 3.25. The fourth-order valence-electron chi connectivity index (χ4n) is 1.71. The van der Waals surface area contributed by atoms with Crippen LogP contribution in [0.5, 0.6) is 0 Å². The van der Waals surface area contributed by atoms with Gasteiger partial charge in [0.2, 0.25) is 0 Å². The lowest BCUT2D eigenvalue weighted by atomic mass is 9.86. The summed E-state index contributed by atoms with van der Waals surface area (Å²) >= 11 is 3.38. The molecule has 0 atom stereocenters. The monoisotopic (exact) mass is 293 g/mol. The molecule has 2 nitrogen and oxygen atoms in total. The molecular weight excluding hydrogens is 278 g/mol. The van der Waals surface area contributed by atoms with Crippen LogP contribution >= 0.6 is 15.9 Å². The van der Waals surface area contributed by atoms with Gasteiger partial charge in [-0.2, -0.15) is 0 Å². The van der Waals surface area contributed by atoms with E-state index in [0.717, 1.165) is 11.3 Å². The van der Waals surface area contributed by atoms with Crippen LogP contribution < -0.4 is 0 Å². The van der Waals surface area contributed by atoms with Crippen molar-refractivity contribution in [3.05, 3.63) is 40.4 Å². The first-order valence-electron chi connectivity index (χ1n) is 5.62. The first kappa shape index (κ1) is 12.4. The Kier molecular flexibility index (Phi) is 3.13. The molecule has 0 unspecified atom stereocenters. The molecule has 1 aromatic carbocycles. The zero-order chi connectivity index (χ0) is 12.6. The number of aryl methyl sites for hydroxylation is 1. The Bertz CT molecular complexity index is 520. The molecule has 90 valence electrons. The highest BCUT2D eigenvalue weighted by Crippen LogP contribution is 2.30. The Morgan fingerprint density at radius 2 is 1.71 bits per heavy atom. The standard InChI is InChI=1S/C14H16BrNO/c1-9-16-12(13(15)17-9)10-5-7-11(8-6-10)14(2,3)4/h5-8H,1-4H3. The summed E-state index contributed by atoms with van der Waals surface area (Å²) in [5, 5.41) is 0. The van der Waals surface area contributed by atoms with Crippen molar-refractivity contribution in [3.8, 4) is 11.3 Å². The van der Waals surface area contributed by atoms with Gasteiger partial charge in [0.05, 0.1) is 0 Å². The van der Waals surface area contributed by atoms with Crippen LogP contribution in [0.2, 0.25) is 0 Å². The van der Waals surface area contributed by atoms with Crippen molar-refractivity contribution in [2.45, 2.75) is 33.1 Å². The molecule has 0 N–H and O–H groups in total. The number of benzene rings is 1. The van der Waals surface area contributed by atoms with E-state index in [-0.39, 0.29) is 5.41 Å². The van der Waals surface area contributed by atoms with Gasteiger partial charge in [-0.3, -0.25) is 0 Å². The molecule has 0 radical (unpaired) electrons. The minimum atomic E-state index is 0.176. The average molecular weight is 294 g/mol. The molecule has 0 saturated carbocycles. The van der Waals surface area contributed by atoms with Gasteiger partial charge < -0.3 is 4.42 Å². The van der Waals surface area contributed by atoms with Gasteiger partial charge >= 0.3 is 0 Å². The van der Waals surface area contributed by atoms with Crippen molar-refractivity contribution in [1.29, 1.82) is 0 Å². The molecular formula is C14H16BrNO. The lowest BCUT2D eigenvalue weighted by Gasteiger charge is -2.18. The summed E-state index contributed by atoms with van der Waals surface area (Å²) in [4.78, 5) is 4.36. The van der Waals surface area contributed by atoms with Crippen molar-refractivity contribution in [3.63, 3.8) is 0 Å². The number of hydrogen-bond donors (Lipinski definition) is 0. The second-order valence-electron chi connectivity index (χ2n) is 5.18. The van der Waals surface area contributed by atoms with E-state index in [1.807, 2.05) is 6.92 Å². The second-order valence-corrected chi connectivity index (χ2v) is 5.90. The number of oxazole rings is 1. The van der Waals surface area contributed by atoms with Crippen molar-refractivity contribution < 1.29 is 4.42 Å². The summed E-state index contributed by atoms with van der Waals surface area (Å²) < 4.78 is 6.07. The molecule has 0 aliphatic heterocycles. The minimum absolute atomic E-state index is 0.176. The maximum Gasteiger partial charge on any atom is 0.197 e. The SMILES string of the molecule is Cc1nc(-c2ccc(C(C)(C)C)cc2)c(Br)o1. The van der Waals surface area contributed by atoms with Gasteiger partial charge in [-0.05, 0) is 26.9 Å². The summed E-state index contributed by atoms with van der Waals surface area (Å²) in [6.07, 6.45) is 0. The summed E-state index contributed by atoms with van der Waals surface area (Å²) in [6.45, 7) is 8.46. The molecule has 0 bridgehead atoms. The van der Waals surface area contributed by atoms with Crippen LogP contribution in [0.15, 0.2) is 33.4 Å². The van der Waals surface area contributed by atoms with Crippen LogP contribution in [0, 0.1) is 6.92 Å². The summed E-state index contributed by atoms with van der Waals surface area (Å²) in [6, 6.07) is 8.46. The minimum Gasteiger partial charge on any atom is -0.434 e. The molecule has 0 fully saturated rings. The van der Waals surface area contributed by atoms with E-state index in [1.165, 1.54) is 5.56 Å². The number of aromatic nitrogens is 1. The van der Waals surface area contributed by atoms with Crippen LogP contribution in [0.3, 0.4) is 0 Å². The van der Waals surface area contributed by atoms with Crippen LogP contribution in [-0.2, 0) is 5.41 Å². The van der Waals surface area contributed by atoms with Crippen molar-refractivity contribution in [2.75, 3.05) is 0 Å². The van der Waals surface area contributed by atoms with E-state index < -0.39 is 0 Å². The molecule has 1 heterocycles. The van der Waals surface area contributed by atoms with Crippen molar-refractivity contribution in [2.24, 2.45) is 0 Å². The Labute approximate surface area is 110 Å². The van der Waals surface area contributed by atoms with E-state index in [0.29, 0.717) is 10.6 Å². The first-order chi connectivity index (χ1) is 7.88. The lowest BCUT2D eigenvalue weighted by molar-refractivity contribution is 0.500. The summed E-state index contributed by atoms with van der Waals surface area (Å²) in [5.41, 5.74) is 3.43. The van der Waals surface area contributed by atoms with Gasteiger partial charge in [0.15, 0.2) is 10.6 Å². The smallest absolute Gasteiger partial charge is 0.197 e. The number of hydrogen-bond acceptors (Lipinski definition) is 2. The molecule has 2 aromatic rings. The van der Waals surface area contributed by atoms with E-state index in [9.17, 15) is 0 Å². The molecule has 17 heavy (non-hydrogen) atoms. The Hall–Kier alpha value is -1.09. The average Bonchev–Trinajstić information content (AvgIpc) is 2.57. The highest BCUT2D eigenvalue weighted by atomic mass is 79.9. The third-order valence-electron chi connectivity index (χ3n) is 2.72. The fourth-order valence-corrected chi connectivity index (χ4v) is 2.26. The zero-order valence-electron chi connectivity index (χ0n) is 10.5. The zero-order valence-corrected chi connectivity index (χ0v) is 12.1. The quantitative estimate of drug-likeness (QED) is 0.761. The van der Waals surface area contributed by atoms with Gasteiger partial charge in [0, 0.05) is 12.5 Å². The predicted molar refractivity (Wildman–Crippen MR) is 73.1 cm³/mol. The molecule has 1 aromatic heterocycles. The van der Waals surface area contributed by atoms with Gasteiger partial charge in [0.1, 0.15) is 5.69 Å². The highest BCUT2D eigenvalue weighted by molar-refractivity contribution is 9.10. The Morgan fingerprint density at radius 1 is 1.12 bits per heavy atom. The molecule has 0 saturated heterocycles. The lowest BCUT2D eigenvalue weighted by Crippen LogP contribution is -2.10. The van der Waals surface area contributed by atoms with Crippen LogP contribution in [-0.4, -0.2) is 4.98 Å². The van der Waals surface area contributed by atoms with Crippen molar-refractivity contribution >= 4 is 15.9 Å². The topological polar surface area (TPSA) is 26.0 Å². The summed E-state index contributed by atoms with van der Waals surface area (Å²) in [7, 11) is 0. The van der Waals surface area contributed by atoms with E-state index in [2.05, 4.69) is 66.0 Å². The molecule has 0 spiro atoms. The van der Waals surface area contributed by atoms with Gasteiger partial charge in [-0.15, -0.1) is 0 Å². The van der Waals surface area contributed by atoms with Crippen LogP contribution in [0.25, 0.3) is 11.3 Å². The largest absolute Gasteiger partial charge is 0.434 e. The van der Waals surface area contributed by atoms with E-state index >= 15 is 0 Å². The molecule has 2 rings (SSSR count). The van der Waals surface area contributed by atoms with E-state index in [1.54, 1.807) is 0 Å². The Balaban J connectivity index is 2.39. The number of nitrogens with zero attached hydrogens (tertiary/aromatic N) is 1. The molecule has 0 aliphatic rings. The number of halogens is 1. The molecule has 0 aliphatic carbocycles. The normalized spacial score (nSPS) is 11.8. The van der Waals surface area contributed by atoms with Crippen LogP contribution in [0.4, 0.5) is 0 Å². The first-order valence-corrected chi connectivity index (χ1v) is 6.41. The Morgan fingerprint density at radius 3 is 2.12 bits per heavy atom. The summed E-state index contributed by atoms with van der Waals surface area (Å²) in [5.74, 6) is 0.673. The maximum atomic E-state index is 5.37. The molecule has 0 amide bonds. The van der Waals surface area contributed by atoms with Crippen LogP contribution in [0.1, 0.15) is 32.2 Å². The maximum absolute atomic E-state index is 5.37. The second kappa shape index (κ2) is 4.30. The van der Waals surface area contributed by atoms with Gasteiger partial charge in [-0.25, -0.2) is 4.98 Å². The van der Waals surface area contributed by atoms with Crippen molar-refractivity contribution in [1.82, 2.24) is 4.98 Å². The van der Waals surface area contributed by atoms with E-state index in [4.69, 9.17) is 4.42 Å². The highest BCUT2D eigenvalue weighted by Gasteiger charge is 2.15. The van der Waals surface area contributed by atoms with Gasteiger partial charge in [-0.1, -0.05) is 45.0 Å². The number of rotatable bonds is 1. The molecule has 3 heteroatoms. The predicted octanol–water partition coefficient (Wildman–Crippen LogP) is 4.71. The third kappa shape index (κ3) is 2.60. The van der Waals surface area contributed by atoms with Gasteiger partial charge in [0.25, 0.3) is 0 Å².